The van der Waals surface area contributed by atoms with E-state index in [1.165, 1.54) is 6.08 Å². The lowest BCUT2D eigenvalue weighted by molar-refractivity contribution is -0.116. The maximum Gasteiger partial charge on any atom is 0.244 e. The third-order valence-corrected chi connectivity index (χ3v) is 2.28. The second-order valence-electron chi connectivity index (χ2n) is 2.67. The van der Waals surface area contributed by atoms with Gasteiger partial charge in [-0.15, -0.1) is 0 Å². The molecular weight excluding hydrogens is 198 g/mol. The summed E-state index contributed by atoms with van der Waals surface area (Å²) in [5.41, 5.74) is 1.05. The van der Waals surface area contributed by atoms with Crippen LogP contribution in [0.2, 0.25) is 0 Å². The molecule has 3 nitrogen and oxygen atoms in total. The molecule has 4 heteroatoms. The van der Waals surface area contributed by atoms with Crippen LogP contribution in [0.3, 0.4) is 0 Å². The zero-order valence-corrected chi connectivity index (χ0v) is 8.84. The van der Waals surface area contributed by atoms with E-state index < -0.39 is 0 Å². The summed E-state index contributed by atoms with van der Waals surface area (Å²) in [4.78, 5) is 11.2. The topological polar surface area (TPSA) is 38.3 Å². The predicted molar refractivity (Wildman–Crippen MR) is 58.2 cm³/mol. The fourth-order valence-corrected chi connectivity index (χ4v) is 1.51. The zero-order chi connectivity index (χ0) is 10.2. The molecule has 1 aromatic rings. The minimum absolute atomic E-state index is 0.0896. The van der Waals surface area contributed by atoms with Gasteiger partial charge >= 0.3 is 0 Å². The normalized spacial score (nSPS) is 10.6. The average Bonchev–Trinajstić information content (AvgIpc) is 2.68. The smallest absolute Gasteiger partial charge is 0.244 e. The molecule has 0 unspecified atom stereocenters. The number of rotatable bonds is 5. The molecule has 0 spiro atoms. The Kier molecular flexibility index (Phi) is 4.96. The number of amides is 1. The Balaban J connectivity index is 2.26. The van der Waals surface area contributed by atoms with Gasteiger partial charge in [-0.25, -0.2) is 0 Å². The van der Waals surface area contributed by atoms with E-state index in [0.29, 0.717) is 13.2 Å². The Hall–Kier alpha value is -1.13. The molecule has 0 bridgehead atoms. The summed E-state index contributed by atoms with van der Waals surface area (Å²) in [6.07, 6.45) is 3.32. The summed E-state index contributed by atoms with van der Waals surface area (Å²) >= 11 is 1.61. The molecule has 1 heterocycles. The molecule has 0 aliphatic carbocycles. The van der Waals surface area contributed by atoms with E-state index in [1.807, 2.05) is 16.8 Å². The zero-order valence-electron chi connectivity index (χ0n) is 8.03. The van der Waals surface area contributed by atoms with Crippen LogP contribution in [0.1, 0.15) is 5.56 Å². The minimum Gasteiger partial charge on any atom is -0.383 e. The van der Waals surface area contributed by atoms with Crippen molar-refractivity contribution >= 4 is 23.3 Å². The Morgan fingerprint density at radius 1 is 1.71 bits per heavy atom. The number of methoxy groups -OCH3 is 1. The summed E-state index contributed by atoms with van der Waals surface area (Å²) in [5, 5.41) is 6.66. The first-order valence-electron chi connectivity index (χ1n) is 4.30. The number of thiophene rings is 1. The highest BCUT2D eigenvalue weighted by molar-refractivity contribution is 7.08. The van der Waals surface area contributed by atoms with Gasteiger partial charge in [0, 0.05) is 19.7 Å². The standard InChI is InChI=1S/C10H13NO2S/c1-13-6-5-11-10(12)3-2-9-4-7-14-8-9/h2-4,7-8H,5-6H2,1H3,(H,11,12)/b3-2+. The third kappa shape index (κ3) is 4.20. The lowest BCUT2D eigenvalue weighted by Gasteiger charge is -1.99. The Bertz CT molecular complexity index is 293. The third-order valence-electron chi connectivity index (χ3n) is 1.58. The van der Waals surface area contributed by atoms with Crippen LogP contribution in [-0.2, 0) is 9.53 Å². The summed E-state index contributed by atoms with van der Waals surface area (Å²) < 4.78 is 4.81. The van der Waals surface area contributed by atoms with Gasteiger partial charge in [-0.3, -0.25) is 4.79 Å². The van der Waals surface area contributed by atoms with Crippen molar-refractivity contribution in [3.05, 3.63) is 28.5 Å². The van der Waals surface area contributed by atoms with Gasteiger partial charge < -0.3 is 10.1 Å². The van der Waals surface area contributed by atoms with Gasteiger partial charge in [0.05, 0.1) is 6.61 Å². The summed E-state index contributed by atoms with van der Waals surface area (Å²) in [5.74, 6) is -0.0896. The molecule has 0 saturated carbocycles. The molecule has 1 rings (SSSR count). The second kappa shape index (κ2) is 6.34. The van der Waals surface area contributed by atoms with Crippen molar-refractivity contribution in [1.29, 1.82) is 0 Å². The lowest BCUT2D eigenvalue weighted by atomic mass is 10.3. The first-order valence-corrected chi connectivity index (χ1v) is 5.24. The molecule has 0 aromatic carbocycles. The lowest BCUT2D eigenvalue weighted by Crippen LogP contribution is -2.24. The molecular formula is C10H13NO2S. The molecule has 0 radical (unpaired) electrons. The monoisotopic (exact) mass is 211 g/mol. The maximum atomic E-state index is 11.2. The van der Waals surface area contributed by atoms with Gasteiger partial charge in [-0.1, -0.05) is 0 Å². The van der Waals surface area contributed by atoms with Crippen molar-refractivity contribution in [3.63, 3.8) is 0 Å². The van der Waals surface area contributed by atoms with Crippen LogP contribution in [0.5, 0.6) is 0 Å². The van der Waals surface area contributed by atoms with E-state index in [2.05, 4.69) is 5.32 Å². The van der Waals surface area contributed by atoms with Crippen LogP contribution in [-0.4, -0.2) is 26.2 Å². The highest BCUT2D eigenvalue weighted by atomic mass is 32.1. The first kappa shape index (κ1) is 10.9. The number of ether oxygens (including phenoxy) is 1. The predicted octanol–water partition coefficient (Wildman–Crippen LogP) is 1.52. The number of carbonyl (C=O) groups is 1. The number of hydrogen-bond donors (Lipinski definition) is 1. The van der Waals surface area contributed by atoms with Crippen molar-refractivity contribution in [2.24, 2.45) is 0 Å². The Labute approximate surface area is 87.4 Å². The molecule has 0 atom stereocenters. The average molecular weight is 211 g/mol. The van der Waals surface area contributed by atoms with E-state index in [4.69, 9.17) is 4.74 Å². The van der Waals surface area contributed by atoms with Gasteiger partial charge in [-0.2, -0.15) is 11.3 Å². The molecule has 14 heavy (non-hydrogen) atoms. The van der Waals surface area contributed by atoms with Crippen LogP contribution in [0.4, 0.5) is 0 Å². The van der Waals surface area contributed by atoms with Crippen LogP contribution in [0.25, 0.3) is 6.08 Å². The molecule has 0 aliphatic heterocycles. The van der Waals surface area contributed by atoms with Gasteiger partial charge in [-0.05, 0) is 28.5 Å². The fraction of sp³-hybridized carbons (Fsp3) is 0.300. The van der Waals surface area contributed by atoms with E-state index in [9.17, 15) is 4.79 Å². The van der Waals surface area contributed by atoms with Gasteiger partial charge in [0.15, 0.2) is 0 Å². The summed E-state index contributed by atoms with van der Waals surface area (Å²) in [6.45, 7) is 1.08. The molecule has 76 valence electrons. The van der Waals surface area contributed by atoms with E-state index in [-0.39, 0.29) is 5.91 Å². The van der Waals surface area contributed by atoms with Gasteiger partial charge in [0.2, 0.25) is 5.91 Å². The first-order chi connectivity index (χ1) is 6.83. The van der Waals surface area contributed by atoms with Gasteiger partial charge in [0.1, 0.15) is 0 Å². The van der Waals surface area contributed by atoms with Crippen molar-refractivity contribution in [1.82, 2.24) is 5.32 Å². The Morgan fingerprint density at radius 3 is 3.21 bits per heavy atom. The summed E-state index contributed by atoms with van der Waals surface area (Å²) in [6, 6.07) is 1.96. The minimum atomic E-state index is -0.0896. The quantitative estimate of drug-likeness (QED) is 0.592. The van der Waals surface area contributed by atoms with Crippen molar-refractivity contribution in [3.8, 4) is 0 Å². The Morgan fingerprint density at radius 2 is 2.57 bits per heavy atom. The van der Waals surface area contributed by atoms with Crippen LogP contribution >= 0.6 is 11.3 Å². The van der Waals surface area contributed by atoms with Gasteiger partial charge in [0.25, 0.3) is 0 Å². The van der Waals surface area contributed by atoms with E-state index >= 15 is 0 Å². The fourth-order valence-electron chi connectivity index (χ4n) is 0.877. The highest BCUT2D eigenvalue weighted by Gasteiger charge is 1.93. The van der Waals surface area contributed by atoms with Crippen LogP contribution in [0.15, 0.2) is 22.9 Å². The van der Waals surface area contributed by atoms with Crippen molar-refractivity contribution in [2.45, 2.75) is 0 Å². The summed E-state index contributed by atoms with van der Waals surface area (Å²) in [7, 11) is 1.60. The highest BCUT2D eigenvalue weighted by Crippen LogP contribution is 2.07. The van der Waals surface area contributed by atoms with Crippen molar-refractivity contribution < 1.29 is 9.53 Å². The largest absolute Gasteiger partial charge is 0.383 e. The molecule has 0 aliphatic rings. The van der Waals surface area contributed by atoms with Crippen LogP contribution in [0, 0.1) is 0 Å². The molecule has 0 fully saturated rings. The van der Waals surface area contributed by atoms with Crippen LogP contribution < -0.4 is 5.32 Å². The maximum absolute atomic E-state index is 11.2. The molecule has 1 N–H and O–H groups in total. The molecule has 1 aromatic heterocycles. The van der Waals surface area contributed by atoms with E-state index in [1.54, 1.807) is 24.5 Å². The van der Waals surface area contributed by atoms with Crippen molar-refractivity contribution in [2.75, 3.05) is 20.3 Å². The number of hydrogen-bond acceptors (Lipinski definition) is 3. The second-order valence-corrected chi connectivity index (χ2v) is 3.45. The molecule has 0 saturated heterocycles. The number of carbonyl (C=O) groups excluding carboxylic acids is 1. The number of nitrogens with one attached hydrogen (secondary N) is 1. The molecule has 1 amide bonds. The SMILES string of the molecule is COCCNC(=O)/C=C/c1ccsc1. The van der Waals surface area contributed by atoms with E-state index in [0.717, 1.165) is 5.56 Å².